The largest absolute Gasteiger partial charge is 0.493 e. The van der Waals surface area contributed by atoms with Crippen LogP contribution in [0.3, 0.4) is 0 Å². The molecule has 162 valence electrons. The highest BCUT2D eigenvalue weighted by Gasteiger charge is 2.44. The van der Waals surface area contributed by atoms with Crippen molar-refractivity contribution < 1.29 is 19.0 Å². The molecule has 3 rings (SSSR count). The molecule has 0 bridgehead atoms. The van der Waals surface area contributed by atoms with Crippen LogP contribution in [0.5, 0.6) is 11.5 Å². The van der Waals surface area contributed by atoms with E-state index < -0.39 is 0 Å². The Labute approximate surface area is 180 Å². The number of carbonyl (C=O) groups is 1. The van der Waals surface area contributed by atoms with Crippen molar-refractivity contribution in [2.75, 3.05) is 20.3 Å². The van der Waals surface area contributed by atoms with Crippen LogP contribution < -0.4 is 9.47 Å². The van der Waals surface area contributed by atoms with E-state index in [1.165, 1.54) is 12.7 Å². The van der Waals surface area contributed by atoms with Crippen molar-refractivity contribution in [3.8, 4) is 11.5 Å². The second kappa shape index (κ2) is 9.11. The number of hydrogen-bond donors (Lipinski definition) is 0. The summed E-state index contributed by atoms with van der Waals surface area (Å²) in [7, 11) is 1.42. The van der Waals surface area contributed by atoms with Gasteiger partial charge in [0, 0.05) is 5.41 Å². The van der Waals surface area contributed by atoms with Gasteiger partial charge in [-0.2, -0.15) is 0 Å². The Bertz CT molecular complexity index is 844. The third-order valence-electron chi connectivity index (χ3n) is 5.90. The lowest BCUT2D eigenvalue weighted by atomic mass is 9.87. The molecule has 0 aliphatic heterocycles. The Balaban J connectivity index is 1.51. The quantitative estimate of drug-likeness (QED) is 0.484. The summed E-state index contributed by atoms with van der Waals surface area (Å²) in [6.07, 6.45) is 2.63. The fourth-order valence-electron chi connectivity index (χ4n) is 3.38. The highest BCUT2D eigenvalue weighted by molar-refractivity contribution is 5.70. The highest BCUT2D eigenvalue weighted by Crippen LogP contribution is 2.46. The van der Waals surface area contributed by atoms with Crippen LogP contribution in [0.4, 0.5) is 0 Å². The molecule has 4 heteroatoms. The molecule has 2 aromatic rings. The number of ether oxygens (including phenoxy) is 3. The van der Waals surface area contributed by atoms with E-state index in [1.807, 2.05) is 37.3 Å². The molecule has 1 aliphatic carbocycles. The van der Waals surface area contributed by atoms with Gasteiger partial charge < -0.3 is 14.2 Å². The summed E-state index contributed by atoms with van der Waals surface area (Å²) in [6.45, 7) is 9.99. The minimum absolute atomic E-state index is 0.106. The lowest BCUT2D eigenvalue weighted by Crippen LogP contribution is -2.21. The minimum atomic E-state index is -0.188. The zero-order valence-corrected chi connectivity index (χ0v) is 18.9. The number of rotatable bonds is 9. The monoisotopic (exact) mass is 410 g/mol. The summed E-state index contributed by atoms with van der Waals surface area (Å²) in [6, 6.07) is 16.4. The van der Waals surface area contributed by atoms with Crippen LogP contribution in [0.2, 0.25) is 0 Å². The van der Waals surface area contributed by atoms with E-state index in [2.05, 4.69) is 39.0 Å². The van der Waals surface area contributed by atoms with Gasteiger partial charge in [-0.15, -0.1) is 0 Å². The van der Waals surface area contributed by atoms with Crippen molar-refractivity contribution >= 4 is 5.97 Å². The predicted octanol–water partition coefficient (Wildman–Crippen LogP) is 5.89. The molecule has 30 heavy (non-hydrogen) atoms. The van der Waals surface area contributed by atoms with E-state index in [0.29, 0.717) is 19.6 Å². The maximum absolute atomic E-state index is 11.5. The normalized spacial score (nSPS) is 15.9. The first-order valence-electron chi connectivity index (χ1n) is 10.7. The van der Waals surface area contributed by atoms with Crippen molar-refractivity contribution in [2.24, 2.45) is 5.41 Å². The molecule has 0 radical (unpaired) electrons. The average Bonchev–Trinajstić information content (AvgIpc) is 3.51. The van der Waals surface area contributed by atoms with Crippen molar-refractivity contribution in [3.63, 3.8) is 0 Å². The molecule has 0 saturated heterocycles. The van der Waals surface area contributed by atoms with Crippen LogP contribution >= 0.6 is 0 Å². The smallest absolute Gasteiger partial charge is 0.306 e. The molecular formula is C26H34O4. The summed E-state index contributed by atoms with van der Waals surface area (Å²) in [5.41, 5.74) is 2.60. The average molecular weight is 411 g/mol. The molecule has 0 N–H and O–H groups in total. The summed E-state index contributed by atoms with van der Waals surface area (Å²) in [5.74, 6) is 1.72. The first-order valence-corrected chi connectivity index (χ1v) is 10.7. The van der Waals surface area contributed by atoms with Gasteiger partial charge >= 0.3 is 5.97 Å². The molecule has 1 saturated carbocycles. The summed E-state index contributed by atoms with van der Waals surface area (Å²) >= 11 is 0. The molecule has 1 atom stereocenters. The van der Waals surface area contributed by atoms with Gasteiger partial charge in [-0.3, -0.25) is 4.79 Å². The van der Waals surface area contributed by atoms with Gasteiger partial charge in [0.15, 0.2) is 0 Å². The number of benzene rings is 2. The standard InChI is InChI=1S/C26H34O4/c1-19(15-24(27)28-5)20-9-11-22(12-10-20)29-17-26(13-14-26)18-30-23-8-6-7-21(16-23)25(2,3)4/h6-12,16,19H,13-15,17-18H2,1-5H3. The third kappa shape index (κ3) is 6.01. The second-order valence-electron chi connectivity index (χ2n) is 9.61. The molecule has 0 amide bonds. The van der Waals surface area contributed by atoms with Crippen molar-refractivity contribution in [2.45, 2.75) is 58.3 Å². The molecule has 0 spiro atoms. The van der Waals surface area contributed by atoms with Gasteiger partial charge in [-0.1, -0.05) is 52.0 Å². The molecular weight excluding hydrogens is 376 g/mol. The molecule has 4 nitrogen and oxygen atoms in total. The molecule has 0 heterocycles. The Morgan fingerprint density at radius 3 is 2.20 bits per heavy atom. The van der Waals surface area contributed by atoms with Gasteiger partial charge in [0.1, 0.15) is 11.5 Å². The van der Waals surface area contributed by atoms with Crippen LogP contribution in [0.15, 0.2) is 48.5 Å². The molecule has 0 aromatic heterocycles. The van der Waals surface area contributed by atoms with Crippen LogP contribution in [-0.2, 0) is 14.9 Å². The zero-order chi connectivity index (χ0) is 21.8. The summed E-state index contributed by atoms with van der Waals surface area (Å²) in [5, 5.41) is 0. The van der Waals surface area contributed by atoms with E-state index in [-0.39, 0.29) is 22.7 Å². The van der Waals surface area contributed by atoms with Crippen molar-refractivity contribution in [3.05, 3.63) is 59.7 Å². The SMILES string of the molecule is COC(=O)CC(C)c1ccc(OCC2(COc3cccc(C(C)(C)C)c3)CC2)cc1. The van der Waals surface area contributed by atoms with Crippen LogP contribution in [0, 0.1) is 5.41 Å². The van der Waals surface area contributed by atoms with E-state index >= 15 is 0 Å². The Morgan fingerprint density at radius 2 is 1.63 bits per heavy atom. The maximum Gasteiger partial charge on any atom is 0.306 e. The van der Waals surface area contributed by atoms with Crippen molar-refractivity contribution in [1.29, 1.82) is 0 Å². The lowest BCUT2D eigenvalue weighted by molar-refractivity contribution is -0.140. The van der Waals surface area contributed by atoms with Gasteiger partial charge in [0.05, 0.1) is 26.7 Å². The summed E-state index contributed by atoms with van der Waals surface area (Å²) < 4.78 is 16.9. The predicted molar refractivity (Wildman–Crippen MR) is 119 cm³/mol. The number of hydrogen-bond acceptors (Lipinski definition) is 4. The second-order valence-corrected chi connectivity index (χ2v) is 9.61. The highest BCUT2D eigenvalue weighted by atomic mass is 16.5. The summed E-state index contributed by atoms with van der Waals surface area (Å²) in [4.78, 5) is 11.5. The first kappa shape index (κ1) is 22.2. The fourth-order valence-corrected chi connectivity index (χ4v) is 3.38. The van der Waals surface area contributed by atoms with E-state index in [0.717, 1.165) is 29.9 Å². The molecule has 2 aromatic carbocycles. The van der Waals surface area contributed by atoms with E-state index in [4.69, 9.17) is 14.2 Å². The van der Waals surface area contributed by atoms with Gasteiger partial charge in [-0.25, -0.2) is 0 Å². The zero-order valence-electron chi connectivity index (χ0n) is 18.9. The van der Waals surface area contributed by atoms with Gasteiger partial charge in [0.25, 0.3) is 0 Å². The topological polar surface area (TPSA) is 44.8 Å². The minimum Gasteiger partial charge on any atom is -0.493 e. The third-order valence-corrected chi connectivity index (χ3v) is 5.90. The molecule has 1 fully saturated rings. The Morgan fingerprint density at radius 1 is 1.00 bits per heavy atom. The Kier molecular flexibility index (Phi) is 6.74. The first-order chi connectivity index (χ1) is 14.2. The van der Waals surface area contributed by atoms with E-state index in [9.17, 15) is 4.79 Å². The van der Waals surface area contributed by atoms with Crippen LogP contribution in [0.25, 0.3) is 0 Å². The molecule has 1 aliphatic rings. The number of esters is 1. The fraction of sp³-hybridized carbons (Fsp3) is 0.500. The van der Waals surface area contributed by atoms with Crippen LogP contribution in [0.1, 0.15) is 64.0 Å². The Hall–Kier alpha value is -2.49. The molecule has 1 unspecified atom stereocenters. The van der Waals surface area contributed by atoms with Crippen molar-refractivity contribution in [1.82, 2.24) is 0 Å². The van der Waals surface area contributed by atoms with Gasteiger partial charge in [-0.05, 0) is 59.6 Å². The number of methoxy groups -OCH3 is 1. The lowest BCUT2D eigenvalue weighted by Gasteiger charge is -2.21. The van der Waals surface area contributed by atoms with Crippen LogP contribution in [-0.4, -0.2) is 26.3 Å². The van der Waals surface area contributed by atoms with E-state index in [1.54, 1.807) is 0 Å². The number of carbonyl (C=O) groups excluding carboxylic acids is 1. The van der Waals surface area contributed by atoms with Gasteiger partial charge in [0.2, 0.25) is 0 Å². The maximum atomic E-state index is 11.5.